The van der Waals surface area contributed by atoms with Crippen LogP contribution < -0.4 is 32.1 Å². The Balaban J connectivity index is 1.58. The van der Waals surface area contributed by atoms with Crippen molar-refractivity contribution in [1.29, 1.82) is 0 Å². The van der Waals surface area contributed by atoms with Gasteiger partial charge < -0.3 is 9.30 Å². The van der Waals surface area contributed by atoms with E-state index in [2.05, 4.69) is 118 Å². The highest BCUT2D eigenvalue weighted by Crippen LogP contribution is 2.40. The molecule has 1 aliphatic rings. The van der Waals surface area contributed by atoms with E-state index in [1.54, 1.807) is 0 Å². The summed E-state index contributed by atoms with van der Waals surface area (Å²) in [5.41, 5.74) is 12.4. The van der Waals surface area contributed by atoms with Crippen molar-refractivity contribution in [2.75, 3.05) is 4.90 Å². The molecule has 0 radical (unpaired) electrons. The first-order valence-corrected chi connectivity index (χ1v) is 18.6. The summed E-state index contributed by atoms with van der Waals surface area (Å²) < 4.78 is 2.18. The maximum Gasteiger partial charge on any atom is 0.248 e. The SMILES string of the molecule is CC(C)c1cc(C(C)C)c(B2c3ccccc3N(c3ccccc3)c3cc4c(=O)c5ccccc5n5c6ccccc6c(=O)c(c32)c45)c(C(C)C)c1. The largest absolute Gasteiger partial charge is 0.311 e. The molecule has 0 bridgehead atoms. The summed E-state index contributed by atoms with van der Waals surface area (Å²) in [6, 6.07) is 41.6. The van der Waals surface area contributed by atoms with Crippen molar-refractivity contribution < 1.29 is 0 Å². The highest BCUT2D eigenvalue weighted by molar-refractivity contribution is 7.00. The van der Waals surface area contributed by atoms with Crippen molar-refractivity contribution in [2.45, 2.75) is 59.3 Å². The molecule has 6 aromatic carbocycles. The third-order valence-electron chi connectivity index (χ3n) is 11.3. The molecule has 0 saturated carbocycles. The van der Waals surface area contributed by atoms with Crippen LogP contribution in [0.25, 0.3) is 38.1 Å². The summed E-state index contributed by atoms with van der Waals surface area (Å²) in [6.45, 7) is 13.4. The zero-order valence-corrected chi connectivity index (χ0v) is 30.6. The highest BCUT2D eigenvalue weighted by Gasteiger charge is 2.41. The van der Waals surface area contributed by atoms with Crippen LogP contribution >= 0.6 is 0 Å². The van der Waals surface area contributed by atoms with Crippen molar-refractivity contribution in [3.63, 3.8) is 0 Å². The fourth-order valence-corrected chi connectivity index (χ4v) is 8.88. The van der Waals surface area contributed by atoms with Crippen LogP contribution in [0.3, 0.4) is 0 Å². The van der Waals surface area contributed by atoms with Gasteiger partial charge in [0.25, 0.3) is 0 Å². The number of hydrogen-bond donors (Lipinski definition) is 0. The van der Waals surface area contributed by atoms with Gasteiger partial charge in [-0.15, -0.1) is 0 Å². The van der Waals surface area contributed by atoms with Gasteiger partial charge in [-0.25, -0.2) is 0 Å². The van der Waals surface area contributed by atoms with Crippen LogP contribution in [-0.4, -0.2) is 11.1 Å². The van der Waals surface area contributed by atoms with Crippen molar-refractivity contribution in [3.8, 4) is 0 Å². The lowest BCUT2D eigenvalue weighted by Gasteiger charge is -2.39. The first-order valence-electron chi connectivity index (χ1n) is 18.6. The third-order valence-corrected chi connectivity index (χ3v) is 11.3. The Bertz CT molecular complexity index is 2790. The molecule has 5 heteroatoms. The molecule has 2 aromatic heterocycles. The van der Waals surface area contributed by atoms with E-state index in [4.69, 9.17) is 0 Å². The van der Waals surface area contributed by atoms with E-state index in [0.717, 1.165) is 39.0 Å². The van der Waals surface area contributed by atoms with Crippen LogP contribution in [-0.2, 0) is 0 Å². The maximum atomic E-state index is 15.4. The summed E-state index contributed by atoms with van der Waals surface area (Å²) in [5, 5.41) is 2.45. The Morgan fingerprint density at radius 2 is 1.08 bits per heavy atom. The van der Waals surface area contributed by atoms with E-state index < -0.39 is 0 Å². The normalized spacial score (nSPS) is 13.0. The van der Waals surface area contributed by atoms with Gasteiger partial charge in [-0.1, -0.05) is 120 Å². The van der Waals surface area contributed by atoms with Crippen molar-refractivity contribution in [2.24, 2.45) is 0 Å². The molecule has 0 fully saturated rings. The van der Waals surface area contributed by atoms with Gasteiger partial charge in [-0.2, -0.15) is 0 Å². The van der Waals surface area contributed by atoms with Crippen LogP contribution in [0.4, 0.5) is 17.1 Å². The quantitative estimate of drug-likeness (QED) is 0.104. The van der Waals surface area contributed by atoms with Crippen molar-refractivity contribution in [1.82, 2.24) is 4.40 Å². The standard InChI is InChI=1S/C47H41BN2O2/c1-27(2)30-24-34(28(3)4)43(35(25-30)29(5)6)48-37-20-12-15-23-40(37)49(31-16-8-7-9-17-31)41-26-36-45-42(44(41)48)47(52)33-19-11-14-22-39(33)50(45)38-21-13-10-18-32(38)46(36)51/h7-29H,1-6H3. The lowest BCUT2D eigenvalue weighted by molar-refractivity contribution is 0.812. The molecule has 0 aliphatic carbocycles. The summed E-state index contributed by atoms with van der Waals surface area (Å²) in [6.07, 6.45) is 0. The average Bonchev–Trinajstić information content (AvgIpc) is 3.16. The van der Waals surface area contributed by atoms with E-state index in [0.29, 0.717) is 33.0 Å². The molecule has 0 N–H and O–H groups in total. The van der Waals surface area contributed by atoms with E-state index in [9.17, 15) is 4.79 Å². The Hall–Kier alpha value is -5.68. The summed E-state index contributed by atoms with van der Waals surface area (Å²) in [7, 11) is 0. The molecule has 9 rings (SSSR count). The van der Waals surface area contributed by atoms with Crippen molar-refractivity contribution in [3.05, 3.63) is 158 Å². The molecule has 0 unspecified atom stereocenters. The Labute approximate surface area is 304 Å². The van der Waals surface area contributed by atoms with Gasteiger partial charge in [0.2, 0.25) is 6.71 Å². The number of para-hydroxylation sites is 4. The summed E-state index contributed by atoms with van der Waals surface area (Å²) in [4.78, 5) is 32.4. The van der Waals surface area contributed by atoms with Crippen LogP contribution in [0.1, 0.15) is 76.0 Å². The van der Waals surface area contributed by atoms with E-state index in [-0.39, 0.29) is 29.4 Å². The minimum atomic E-state index is -0.259. The van der Waals surface area contributed by atoms with Gasteiger partial charge in [0, 0.05) is 38.6 Å². The fourth-order valence-electron chi connectivity index (χ4n) is 8.88. The minimum Gasteiger partial charge on any atom is -0.311 e. The average molecular weight is 677 g/mol. The molecule has 1 aliphatic heterocycles. The first kappa shape index (κ1) is 32.2. The second-order valence-electron chi connectivity index (χ2n) is 15.3. The zero-order valence-electron chi connectivity index (χ0n) is 30.6. The minimum absolute atomic E-state index is 0.0412. The number of nitrogens with zero attached hydrogens (tertiary/aromatic N) is 2. The third kappa shape index (κ3) is 4.54. The van der Waals surface area contributed by atoms with Crippen LogP contribution in [0.2, 0.25) is 0 Å². The molecular formula is C47H41BN2O2. The molecule has 0 saturated heterocycles. The second kappa shape index (κ2) is 11.9. The summed E-state index contributed by atoms with van der Waals surface area (Å²) >= 11 is 0. The Kier molecular flexibility index (Phi) is 7.41. The molecule has 254 valence electrons. The predicted molar refractivity (Wildman–Crippen MR) is 222 cm³/mol. The first-order chi connectivity index (χ1) is 25.2. The molecule has 4 nitrogen and oxygen atoms in total. The van der Waals surface area contributed by atoms with Crippen molar-refractivity contribution >= 4 is 78.3 Å². The van der Waals surface area contributed by atoms with E-state index in [1.165, 1.54) is 22.2 Å². The topological polar surface area (TPSA) is 41.8 Å². The maximum absolute atomic E-state index is 15.4. The number of rotatable bonds is 5. The Morgan fingerprint density at radius 1 is 0.519 bits per heavy atom. The molecule has 52 heavy (non-hydrogen) atoms. The number of aromatic nitrogens is 1. The summed E-state index contributed by atoms with van der Waals surface area (Å²) in [5.74, 6) is 0.850. The van der Waals surface area contributed by atoms with Crippen LogP contribution in [0, 0.1) is 0 Å². The predicted octanol–water partition coefficient (Wildman–Crippen LogP) is 9.23. The second-order valence-corrected chi connectivity index (χ2v) is 15.3. The molecule has 0 spiro atoms. The smallest absolute Gasteiger partial charge is 0.248 e. The monoisotopic (exact) mass is 676 g/mol. The number of fused-ring (bicyclic) bond motifs is 7. The van der Waals surface area contributed by atoms with Gasteiger partial charge in [0.05, 0.1) is 16.6 Å². The van der Waals surface area contributed by atoms with Gasteiger partial charge >= 0.3 is 0 Å². The fraction of sp³-hybridized carbons (Fsp3) is 0.191. The van der Waals surface area contributed by atoms with Gasteiger partial charge in [-0.3, -0.25) is 9.59 Å². The van der Waals surface area contributed by atoms with E-state index >= 15 is 4.79 Å². The molecule has 0 atom stereocenters. The number of benzene rings is 6. The van der Waals surface area contributed by atoms with Crippen LogP contribution in [0.15, 0.2) is 131 Å². The number of anilines is 3. The molecule has 0 amide bonds. The molecular weight excluding hydrogens is 635 g/mol. The molecule has 8 aromatic rings. The van der Waals surface area contributed by atoms with E-state index in [1.807, 2.05) is 54.6 Å². The van der Waals surface area contributed by atoms with Crippen LogP contribution in [0.5, 0.6) is 0 Å². The zero-order chi connectivity index (χ0) is 36.0. The van der Waals surface area contributed by atoms with Gasteiger partial charge in [0.15, 0.2) is 10.9 Å². The lowest BCUT2D eigenvalue weighted by atomic mass is 9.32. The lowest BCUT2D eigenvalue weighted by Crippen LogP contribution is -2.60. The van der Waals surface area contributed by atoms with Gasteiger partial charge in [-0.05, 0) is 93.9 Å². The number of hydrogen-bond acceptors (Lipinski definition) is 3. The van der Waals surface area contributed by atoms with Gasteiger partial charge in [0.1, 0.15) is 0 Å². The Morgan fingerprint density at radius 3 is 1.69 bits per heavy atom. The highest BCUT2D eigenvalue weighted by atomic mass is 16.1. The molecule has 3 heterocycles. The number of pyridine rings is 2.